The molecule has 0 unspecified atom stereocenters. The second-order valence-electron chi connectivity index (χ2n) is 4.51. The Morgan fingerprint density at radius 2 is 1.86 bits per heavy atom. The molecule has 21 heavy (non-hydrogen) atoms. The number of aryl methyl sites for hydroxylation is 2. The van der Waals surface area contributed by atoms with Gasteiger partial charge in [0.1, 0.15) is 17.4 Å². The van der Waals surface area contributed by atoms with Crippen molar-refractivity contribution in [2.24, 2.45) is 0 Å². The molecular weight excluding hydrogens is 300 g/mol. The Morgan fingerprint density at radius 1 is 1.14 bits per heavy atom. The van der Waals surface area contributed by atoms with Crippen molar-refractivity contribution < 1.29 is 18.3 Å². The van der Waals surface area contributed by atoms with E-state index in [1.807, 2.05) is 0 Å². The average molecular weight is 312 g/mol. The van der Waals surface area contributed by atoms with Gasteiger partial charge in [0.15, 0.2) is 0 Å². The van der Waals surface area contributed by atoms with Crippen molar-refractivity contribution in [3.05, 3.63) is 58.1 Å². The summed E-state index contributed by atoms with van der Waals surface area (Å²) in [5.74, 6) is -1.12. The Labute approximate surface area is 125 Å². The van der Waals surface area contributed by atoms with Crippen molar-refractivity contribution in [3.8, 4) is 5.75 Å². The van der Waals surface area contributed by atoms with Crippen LogP contribution >= 0.6 is 11.6 Å². The van der Waals surface area contributed by atoms with Crippen molar-refractivity contribution in [2.45, 2.75) is 13.8 Å². The Morgan fingerprint density at radius 3 is 2.57 bits per heavy atom. The van der Waals surface area contributed by atoms with Crippen LogP contribution in [0.15, 0.2) is 30.3 Å². The van der Waals surface area contributed by atoms with Crippen molar-refractivity contribution in [3.63, 3.8) is 0 Å². The zero-order valence-corrected chi connectivity index (χ0v) is 12.1. The fourth-order valence-electron chi connectivity index (χ4n) is 1.69. The van der Waals surface area contributed by atoms with Crippen LogP contribution in [-0.4, -0.2) is 6.09 Å². The second-order valence-corrected chi connectivity index (χ2v) is 4.91. The Balaban J connectivity index is 2.15. The molecule has 0 saturated heterocycles. The summed E-state index contributed by atoms with van der Waals surface area (Å²) in [6.45, 7) is 3.48. The van der Waals surface area contributed by atoms with Gasteiger partial charge in [-0.25, -0.2) is 13.6 Å². The monoisotopic (exact) mass is 311 g/mol. The highest BCUT2D eigenvalue weighted by Gasteiger charge is 2.12. The standard InChI is InChI=1S/C15H12ClF2NO2/c1-8-6-14(9(2)5-11(8)16)21-15(20)19-13-7-10(17)3-4-12(13)18/h3-7H,1-2H3,(H,19,20). The molecule has 1 N–H and O–H groups in total. The molecule has 2 aromatic rings. The molecule has 0 spiro atoms. The average Bonchev–Trinajstić information content (AvgIpc) is 2.40. The first kappa shape index (κ1) is 15.3. The number of amides is 1. The summed E-state index contributed by atoms with van der Waals surface area (Å²) < 4.78 is 31.5. The van der Waals surface area contributed by atoms with Gasteiger partial charge in [-0.1, -0.05) is 11.6 Å². The predicted molar refractivity (Wildman–Crippen MR) is 76.9 cm³/mol. The molecule has 0 heterocycles. The molecular formula is C15H12ClF2NO2. The number of rotatable bonds is 2. The molecule has 0 aromatic heterocycles. The number of ether oxygens (including phenoxy) is 1. The van der Waals surface area contributed by atoms with Crippen LogP contribution < -0.4 is 10.1 Å². The maximum Gasteiger partial charge on any atom is 0.417 e. The quantitative estimate of drug-likeness (QED) is 0.861. The van der Waals surface area contributed by atoms with E-state index >= 15 is 0 Å². The Kier molecular flexibility index (Phi) is 4.43. The highest BCUT2D eigenvalue weighted by atomic mass is 35.5. The first-order chi connectivity index (χ1) is 9.86. The molecule has 0 fully saturated rings. The Hall–Kier alpha value is -2.14. The zero-order valence-electron chi connectivity index (χ0n) is 11.3. The molecule has 0 saturated carbocycles. The third-order valence-corrected chi connectivity index (χ3v) is 3.23. The van der Waals surface area contributed by atoms with Gasteiger partial charge in [-0.05, 0) is 49.2 Å². The lowest BCUT2D eigenvalue weighted by molar-refractivity contribution is 0.214. The third kappa shape index (κ3) is 3.70. The first-order valence-corrected chi connectivity index (χ1v) is 6.45. The lowest BCUT2D eigenvalue weighted by Gasteiger charge is -2.11. The molecule has 0 aliphatic carbocycles. The molecule has 6 heteroatoms. The van der Waals surface area contributed by atoms with Gasteiger partial charge in [-0.2, -0.15) is 0 Å². The highest BCUT2D eigenvalue weighted by Crippen LogP contribution is 2.26. The SMILES string of the molecule is Cc1cc(OC(=O)Nc2cc(F)ccc2F)c(C)cc1Cl. The third-order valence-electron chi connectivity index (χ3n) is 2.82. The van der Waals surface area contributed by atoms with E-state index < -0.39 is 17.7 Å². The summed E-state index contributed by atoms with van der Waals surface area (Å²) in [6.07, 6.45) is -0.913. The molecule has 0 atom stereocenters. The van der Waals surface area contributed by atoms with Gasteiger partial charge >= 0.3 is 6.09 Å². The molecule has 3 nitrogen and oxygen atoms in total. The lowest BCUT2D eigenvalue weighted by atomic mass is 10.1. The van der Waals surface area contributed by atoms with Crippen LogP contribution in [0.5, 0.6) is 5.75 Å². The molecule has 110 valence electrons. The topological polar surface area (TPSA) is 38.3 Å². The minimum atomic E-state index is -0.913. The summed E-state index contributed by atoms with van der Waals surface area (Å²) in [5, 5.41) is 2.70. The van der Waals surface area contributed by atoms with E-state index in [9.17, 15) is 13.6 Å². The first-order valence-electron chi connectivity index (χ1n) is 6.07. The van der Waals surface area contributed by atoms with Crippen LogP contribution in [0.25, 0.3) is 0 Å². The van der Waals surface area contributed by atoms with Crippen molar-refractivity contribution in [2.75, 3.05) is 5.32 Å². The van der Waals surface area contributed by atoms with Crippen LogP contribution in [0.3, 0.4) is 0 Å². The van der Waals surface area contributed by atoms with Crippen LogP contribution in [0.1, 0.15) is 11.1 Å². The minimum absolute atomic E-state index is 0.289. The number of hydrogen-bond acceptors (Lipinski definition) is 2. The van der Waals surface area contributed by atoms with Crippen LogP contribution in [0.2, 0.25) is 5.02 Å². The van der Waals surface area contributed by atoms with Crippen LogP contribution in [0.4, 0.5) is 19.3 Å². The van der Waals surface area contributed by atoms with Crippen molar-refractivity contribution in [1.82, 2.24) is 0 Å². The van der Waals surface area contributed by atoms with Crippen LogP contribution in [0, 0.1) is 25.5 Å². The number of carbonyl (C=O) groups is 1. The zero-order chi connectivity index (χ0) is 15.6. The smallest absolute Gasteiger partial charge is 0.410 e. The summed E-state index contributed by atoms with van der Waals surface area (Å²) in [5.41, 5.74) is 1.10. The van der Waals surface area contributed by atoms with E-state index in [1.54, 1.807) is 26.0 Å². The van der Waals surface area contributed by atoms with Crippen molar-refractivity contribution in [1.29, 1.82) is 0 Å². The van der Waals surface area contributed by atoms with E-state index in [4.69, 9.17) is 16.3 Å². The minimum Gasteiger partial charge on any atom is -0.410 e. The van der Waals surface area contributed by atoms with Gasteiger partial charge in [0.2, 0.25) is 0 Å². The normalized spacial score (nSPS) is 10.3. The van der Waals surface area contributed by atoms with Gasteiger partial charge in [0, 0.05) is 11.1 Å². The maximum absolute atomic E-state index is 13.4. The van der Waals surface area contributed by atoms with Gasteiger partial charge in [0.05, 0.1) is 5.69 Å². The van der Waals surface area contributed by atoms with E-state index in [0.717, 1.165) is 23.8 Å². The van der Waals surface area contributed by atoms with Gasteiger partial charge < -0.3 is 4.74 Å². The number of benzene rings is 2. The van der Waals surface area contributed by atoms with E-state index in [1.165, 1.54) is 0 Å². The van der Waals surface area contributed by atoms with Crippen molar-refractivity contribution >= 4 is 23.4 Å². The van der Waals surface area contributed by atoms with Gasteiger partial charge in [-0.15, -0.1) is 0 Å². The predicted octanol–water partition coefficient (Wildman–Crippen LogP) is 4.85. The fraction of sp³-hybridized carbons (Fsp3) is 0.133. The number of carbonyl (C=O) groups excluding carboxylic acids is 1. The number of halogens is 3. The largest absolute Gasteiger partial charge is 0.417 e. The fourth-order valence-corrected chi connectivity index (χ4v) is 1.91. The second kappa shape index (κ2) is 6.10. The summed E-state index contributed by atoms with van der Waals surface area (Å²) in [7, 11) is 0. The van der Waals surface area contributed by atoms with Gasteiger partial charge in [0.25, 0.3) is 0 Å². The number of anilines is 1. The molecule has 0 bridgehead atoms. The molecule has 1 amide bonds. The van der Waals surface area contributed by atoms with E-state index in [2.05, 4.69) is 5.32 Å². The number of nitrogens with one attached hydrogen (secondary N) is 1. The number of hydrogen-bond donors (Lipinski definition) is 1. The summed E-state index contributed by atoms with van der Waals surface area (Å²) >= 11 is 5.94. The van der Waals surface area contributed by atoms with E-state index in [-0.39, 0.29) is 5.69 Å². The lowest BCUT2D eigenvalue weighted by Crippen LogP contribution is -2.18. The molecule has 0 aliphatic rings. The van der Waals surface area contributed by atoms with Crippen LogP contribution in [-0.2, 0) is 0 Å². The maximum atomic E-state index is 13.4. The summed E-state index contributed by atoms with van der Waals surface area (Å²) in [6, 6.07) is 6.00. The molecule has 2 rings (SSSR count). The highest BCUT2D eigenvalue weighted by molar-refractivity contribution is 6.31. The summed E-state index contributed by atoms with van der Waals surface area (Å²) in [4.78, 5) is 11.7. The van der Waals surface area contributed by atoms with Gasteiger partial charge in [-0.3, -0.25) is 5.32 Å². The van der Waals surface area contributed by atoms with E-state index in [0.29, 0.717) is 16.3 Å². The molecule has 0 radical (unpaired) electrons. The molecule has 2 aromatic carbocycles. The molecule has 0 aliphatic heterocycles. The Bertz CT molecular complexity index is 704.